The summed E-state index contributed by atoms with van der Waals surface area (Å²) >= 11 is 5.26. The number of rotatable bonds is 2. The Morgan fingerprint density at radius 2 is 2.15 bits per heavy atom. The minimum absolute atomic E-state index is 0.244. The van der Waals surface area contributed by atoms with Crippen molar-refractivity contribution >= 4 is 17.9 Å². The van der Waals surface area contributed by atoms with Crippen molar-refractivity contribution in [3.63, 3.8) is 0 Å². The summed E-state index contributed by atoms with van der Waals surface area (Å²) in [4.78, 5) is 13.3. The smallest absolute Gasteiger partial charge is 0.283 e. The van der Waals surface area contributed by atoms with E-state index < -0.39 is 23.0 Å². The molecule has 0 atom stereocenters. The van der Waals surface area contributed by atoms with Crippen LogP contribution in [0.3, 0.4) is 0 Å². The molecule has 2 nitrogen and oxygen atoms in total. The van der Waals surface area contributed by atoms with E-state index in [0.717, 1.165) is 6.20 Å². The lowest BCUT2D eigenvalue weighted by Crippen LogP contribution is -1.99. The fourth-order valence-electron chi connectivity index (χ4n) is 0.726. The van der Waals surface area contributed by atoms with E-state index in [4.69, 9.17) is 11.6 Å². The van der Waals surface area contributed by atoms with E-state index in [-0.39, 0.29) is 11.8 Å². The summed E-state index contributed by atoms with van der Waals surface area (Å²) in [5, 5.41) is -0.625. The molecule has 6 heteroatoms. The van der Waals surface area contributed by atoms with Gasteiger partial charge in [-0.1, -0.05) is 11.6 Å². The molecule has 0 aliphatic carbocycles. The number of nitrogens with zero attached hydrogens (tertiary/aromatic N) is 1. The number of aldehydes is 1. The summed E-state index contributed by atoms with van der Waals surface area (Å²) in [6.45, 7) is 0. The second-order valence-electron chi connectivity index (χ2n) is 2.15. The Kier molecular flexibility index (Phi) is 2.87. The highest BCUT2D eigenvalue weighted by Gasteiger charge is 2.19. The number of halogens is 4. The lowest BCUT2D eigenvalue weighted by molar-refractivity contribution is 0.112. The molecule has 1 aromatic rings. The van der Waals surface area contributed by atoms with Gasteiger partial charge in [0.05, 0.1) is 10.6 Å². The first-order chi connectivity index (χ1) is 6.07. The van der Waals surface area contributed by atoms with Gasteiger partial charge < -0.3 is 0 Å². The van der Waals surface area contributed by atoms with E-state index in [2.05, 4.69) is 4.98 Å². The Bertz CT molecular complexity index is 343. The summed E-state index contributed by atoms with van der Waals surface area (Å²) < 4.78 is 36.9. The lowest BCUT2D eigenvalue weighted by atomic mass is 10.2. The molecule has 1 aromatic heterocycles. The van der Waals surface area contributed by atoms with Crippen LogP contribution in [-0.2, 0) is 0 Å². The topological polar surface area (TPSA) is 30.0 Å². The van der Waals surface area contributed by atoms with Crippen molar-refractivity contribution in [3.8, 4) is 0 Å². The third-order valence-corrected chi connectivity index (χ3v) is 1.73. The first kappa shape index (κ1) is 9.98. The van der Waals surface area contributed by atoms with E-state index >= 15 is 0 Å². The molecule has 1 rings (SSSR count). The minimum Gasteiger partial charge on any atom is -0.298 e. The van der Waals surface area contributed by atoms with Crippen molar-refractivity contribution in [2.45, 2.75) is 6.43 Å². The molecule has 0 spiro atoms. The van der Waals surface area contributed by atoms with Crippen molar-refractivity contribution in [2.24, 2.45) is 0 Å². The van der Waals surface area contributed by atoms with Crippen LogP contribution in [0.15, 0.2) is 6.20 Å². The third kappa shape index (κ3) is 1.80. The summed E-state index contributed by atoms with van der Waals surface area (Å²) in [5.41, 5.74) is -1.29. The van der Waals surface area contributed by atoms with Gasteiger partial charge in [-0.2, -0.15) is 0 Å². The lowest BCUT2D eigenvalue weighted by Gasteiger charge is -2.03. The quantitative estimate of drug-likeness (QED) is 0.701. The van der Waals surface area contributed by atoms with Gasteiger partial charge in [-0.25, -0.2) is 13.2 Å². The second-order valence-corrected chi connectivity index (χ2v) is 2.52. The average molecular weight is 210 g/mol. The first-order valence-electron chi connectivity index (χ1n) is 3.15. The molecule has 0 bridgehead atoms. The predicted octanol–water partition coefficient (Wildman–Crippen LogP) is 2.62. The summed E-state index contributed by atoms with van der Waals surface area (Å²) in [6.07, 6.45) is -1.99. The molecule has 0 radical (unpaired) electrons. The molecule has 0 N–H and O–H groups in total. The monoisotopic (exact) mass is 209 g/mol. The molecular weight excluding hydrogens is 207 g/mol. The highest BCUT2D eigenvalue weighted by molar-refractivity contribution is 6.33. The van der Waals surface area contributed by atoms with Crippen LogP contribution in [0, 0.1) is 5.82 Å². The first-order valence-corrected chi connectivity index (χ1v) is 3.53. The van der Waals surface area contributed by atoms with E-state index in [9.17, 15) is 18.0 Å². The van der Waals surface area contributed by atoms with Gasteiger partial charge in [-0.15, -0.1) is 0 Å². The van der Waals surface area contributed by atoms with Crippen LogP contribution in [-0.4, -0.2) is 11.3 Å². The zero-order chi connectivity index (χ0) is 10.0. The van der Waals surface area contributed by atoms with E-state index in [1.54, 1.807) is 0 Å². The number of hydrogen-bond acceptors (Lipinski definition) is 2. The molecule has 0 fully saturated rings. The van der Waals surface area contributed by atoms with Crippen LogP contribution in [0.25, 0.3) is 0 Å². The largest absolute Gasteiger partial charge is 0.298 e. The van der Waals surface area contributed by atoms with Gasteiger partial charge in [-0.05, 0) is 0 Å². The number of carbonyl (C=O) groups is 1. The number of carbonyl (C=O) groups excluding carboxylic acids is 1. The zero-order valence-electron chi connectivity index (χ0n) is 6.10. The second kappa shape index (κ2) is 3.74. The minimum atomic E-state index is -3.04. The number of aromatic nitrogens is 1. The van der Waals surface area contributed by atoms with Crippen LogP contribution in [0.5, 0.6) is 0 Å². The molecule has 0 aliphatic heterocycles. The van der Waals surface area contributed by atoms with Crippen LogP contribution in [0.4, 0.5) is 13.2 Å². The summed E-state index contributed by atoms with van der Waals surface area (Å²) in [5.74, 6) is -1.35. The Morgan fingerprint density at radius 3 is 2.62 bits per heavy atom. The molecule has 0 aromatic carbocycles. The molecule has 0 aliphatic rings. The normalized spacial score (nSPS) is 10.5. The molecule has 13 heavy (non-hydrogen) atoms. The van der Waals surface area contributed by atoms with Crippen molar-refractivity contribution in [2.75, 3.05) is 0 Å². The number of alkyl halides is 2. The maximum absolute atomic E-state index is 12.9. The van der Waals surface area contributed by atoms with Crippen molar-refractivity contribution in [1.29, 1.82) is 0 Å². The maximum atomic E-state index is 12.9. The Morgan fingerprint density at radius 1 is 1.54 bits per heavy atom. The Hall–Kier alpha value is -1.10. The Labute approximate surface area is 76.3 Å². The molecule has 1 heterocycles. The number of hydrogen-bond donors (Lipinski definition) is 0. The van der Waals surface area contributed by atoms with Crippen LogP contribution >= 0.6 is 11.6 Å². The maximum Gasteiger partial charge on any atom is 0.283 e. The van der Waals surface area contributed by atoms with E-state index in [1.165, 1.54) is 0 Å². The standard InChI is InChI=1S/C7H3ClF3NO/c8-4-3(2-13)1-12-6(5(4)9)7(10)11/h1-2,7H. The summed E-state index contributed by atoms with van der Waals surface area (Å²) in [7, 11) is 0. The van der Waals surface area contributed by atoms with Crippen LogP contribution in [0.1, 0.15) is 22.5 Å². The predicted molar refractivity (Wildman–Crippen MR) is 39.5 cm³/mol. The molecular formula is C7H3ClF3NO. The molecule has 0 amide bonds. The molecule has 0 saturated heterocycles. The fraction of sp³-hybridized carbons (Fsp3) is 0.143. The van der Waals surface area contributed by atoms with Gasteiger partial charge in [0.1, 0.15) is 5.69 Å². The van der Waals surface area contributed by atoms with Crippen molar-refractivity contribution in [1.82, 2.24) is 4.98 Å². The number of pyridine rings is 1. The van der Waals surface area contributed by atoms with Crippen molar-refractivity contribution < 1.29 is 18.0 Å². The van der Waals surface area contributed by atoms with Crippen molar-refractivity contribution in [3.05, 3.63) is 28.3 Å². The van der Waals surface area contributed by atoms with Crippen LogP contribution < -0.4 is 0 Å². The highest BCUT2D eigenvalue weighted by atomic mass is 35.5. The van der Waals surface area contributed by atoms with Crippen LogP contribution in [0.2, 0.25) is 5.02 Å². The van der Waals surface area contributed by atoms with Gasteiger partial charge >= 0.3 is 0 Å². The molecule has 0 saturated carbocycles. The molecule has 0 unspecified atom stereocenters. The summed E-state index contributed by atoms with van der Waals surface area (Å²) in [6, 6.07) is 0. The average Bonchev–Trinajstić information content (AvgIpc) is 2.09. The van der Waals surface area contributed by atoms with Gasteiger partial charge in [0.2, 0.25) is 0 Å². The van der Waals surface area contributed by atoms with E-state index in [0.29, 0.717) is 0 Å². The van der Waals surface area contributed by atoms with E-state index in [1.807, 2.05) is 0 Å². The molecule has 70 valence electrons. The van der Waals surface area contributed by atoms with Gasteiger partial charge in [-0.3, -0.25) is 9.78 Å². The Balaban J connectivity index is 3.31. The third-order valence-electron chi connectivity index (χ3n) is 1.35. The van der Waals surface area contributed by atoms with Gasteiger partial charge in [0.25, 0.3) is 6.43 Å². The SMILES string of the molecule is O=Cc1cnc(C(F)F)c(F)c1Cl. The zero-order valence-corrected chi connectivity index (χ0v) is 6.86. The van der Waals surface area contributed by atoms with Gasteiger partial charge in [0, 0.05) is 6.20 Å². The fourth-order valence-corrected chi connectivity index (χ4v) is 0.916. The van der Waals surface area contributed by atoms with Gasteiger partial charge in [0.15, 0.2) is 12.1 Å². The highest BCUT2D eigenvalue weighted by Crippen LogP contribution is 2.26.